The van der Waals surface area contributed by atoms with Gasteiger partial charge in [-0.25, -0.2) is 4.98 Å². The van der Waals surface area contributed by atoms with E-state index in [2.05, 4.69) is 69.6 Å². The number of aromatic nitrogens is 2. The fourth-order valence-electron chi connectivity index (χ4n) is 5.46. The number of piperazine rings is 1. The Morgan fingerprint density at radius 3 is 2.35 bits per heavy atom. The summed E-state index contributed by atoms with van der Waals surface area (Å²) in [6, 6.07) is 8.85. The van der Waals surface area contributed by atoms with Crippen molar-refractivity contribution in [3.05, 3.63) is 47.8 Å². The average Bonchev–Trinajstić information content (AvgIpc) is 3.31. The van der Waals surface area contributed by atoms with Gasteiger partial charge in [-0.05, 0) is 68.6 Å². The molecule has 2 aromatic heterocycles. The molecule has 34 heavy (non-hydrogen) atoms. The molecule has 4 heterocycles. The minimum Gasteiger partial charge on any atom is -0.496 e. The number of pyridine rings is 1. The molecule has 0 N–H and O–H groups in total. The molecule has 0 atom stereocenters. The van der Waals surface area contributed by atoms with Gasteiger partial charge in [0.15, 0.2) is 0 Å². The van der Waals surface area contributed by atoms with Crippen LogP contribution in [0.2, 0.25) is 0 Å². The van der Waals surface area contributed by atoms with Crippen LogP contribution < -0.4 is 9.64 Å². The van der Waals surface area contributed by atoms with Gasteiger partial charge < -0.3 is 18.9 Å². The molecule has 0 bridgehead atoms. The summed E-state index contributed by atoms with van der Waals surface area (Å²) >= 11 is 0. The van der Waals surface area contributed by atoms with E-state index in [-0.39, 0.29) is 0 Å². The summed E-state index contributed by atoms with van der Waals surface area (Å²) < 4.78 is 7.71. The molecule has 2 aliphatic heterocycles. The average molecular weight is 462 g/mol. The van der Waals surface area contributed by atoms with E-state index < -0.39 is 0 Å². The SMILES string of the molecule is CCc1cc(-c2cn3ccc(N4CCN(CCN5CCCCC5)CC4)cc3n2)c(C)cc1OC. The third-order valence-corrected chi connectivity index (χ3v) is 7.65. The lowest BCUT2D eigenvalue weighted by molar-refractivity contribution is 0.177. The van der Waals surface area contributed by atoms with Crippen molar-refractivity contribution in [1.82, 2.24) is 19.2 Å². The number of hydrogen-bond donors (Lipinski definition) is 0. The highest BCUT2D eigenvalue weighted by Crippen LogP contribution is 2.31. The predicted molar refractivity (Wildman–Crippen MR) is 140 cm³/mol. The topological polar surface area (TPSA) is 36.2 Å². The zero-order chi connectivity index (χ0) is 23.5. The highest BCUT2D eigenvalue weighted by molar-refractivity contribution is 5.70. The van der Waals surface area contributed by atoms with Crippen LogP contribution in [-0.4, -0.2) is 78.7 Å². The van der Waals surface area contributed by atoms with E-state index in [4.69, 9.17) is 9.72 Å². The molecule has 0 amide bonds. The molecule has 0 unspecified atom stereocenters. The Morgan fingerprint density at radius 2 is 1.65 bits per heavy atom. The Hall–Kier alpha value is -2.57. The first-order valence-corrected chi connectivity index (χ1v) is 13.0. The molecule has 0 spiro atoms. The van der Waals surface area contributed by atoms with Crippen molar-refractivity contribution in [2.24, 2.45) is 0 Å². The lowest BCUT2D eigenvalue weighted by atomic mass is 10.0. The van der Waals surface area contributed by atoms with E-state index in [9.17, 15) is 0 Å². The zero-order valence-corrected chi connectivity index (χ0v) is 21.1. The third-order valence-electron chi connectivity index (χ3n) is 7.65. The van der Waals surface area contributed by atoms with E-state index in [1.807, 2.05) is 0 Å². The van der Waals surface area contributed by atoms with Crippen LogP contribution in [-0.2, 0) is 6.42 Å². The number of ether oxygens (including phenoxy) is 1. The summed E-state index contributed by atoms with van der Waals surface area (Å²) in [4.78, 5) is 12.8. The standard InChI is InChI=1S/C28H39N5O/c1-4-23-19-25(22(2)18-27(23)34-3)26-21-33-11-8-24(20-28(33)29-26)32-16-14-31(15-17-32)13-12-30-9-6-5-7-10-30/h8,11,18-21H,4-7,9-10,12-17H2,1-3H3. The van der Waals surface area contributed by atoms with E-state index in [1.165, 1.54) is 67.8 Å². The fourth-order valence-corrected chi connectivity index (χ4v) is 5.46. The van der Waals surface area contributed by atoms with Crippen molar-refractivity contribution in [3.8, 4) is 17.0 Å². The van der Waals surface area contributed by atoms with Crippen LogP contribution in [0.3, 0.4) is 0 Å². The van der Waals surface area contributed by atoms with Gasteiger partial charge in [0.2, 0.25) is 0 Å². The first-order chi connectivity index (χ1) is 16.6. The third kappa shape index (κ3) is 4.93. The second-order valence-corrected chi connectivity index (χ2v) is 9.84. The summed E-state index contributed by atoms with van der Waals surface area (Å²) in [6.45, 7) is 13.8. The summed E-state index contributed by atoms with van der Waals surface area (Å²) in [5.41, 5.74) is 6.91. The Kier molecular flexibility index (Phi) is 7.07. The molecule has 1 aromatic carbocycles. The number of hydrogen-bond acceptors (Lipinski definition) is 5. The van der Waals surface area contributed by atoms with Gasteiger partial charge in [0.05, 0.1) is 12.8 Å². The molecule has 6 heteroatoms. The monoisotopic (exact) mass is 461 g/mol. The number of piperidine rings is 1. The van der Waals surface area contributed by atoms with E-state index in [1.54, 1.807) is 7.11 Å². The fraction of sp³-hybridized carbons (Fsp3) is 0.536. The number of likely N-dealkylation sites (tertiary alicyclic amines) is 1. The molecular formula is C28H39N5O. The number of benzene rings is 1. The van der Waals surface area contributed by atoms with Gasteiger partial charge in [0, 0.05) is 69.0 Å². The predicted octanol–water partition coefficient (Wildman–Crippen LogP) is 4.49. The maximum absolute atomic E-state index is 5.57. The second kappa shape index (κ2) is 10.4. The first-order valence-electron chi connectivity index (χ1n) is 13.0. The van der Waals surface area contributed by atoms with Crippen molar-refractivity contribution in [1.29, 1.82) is 0 Å². The quantitative estimate of drug-likeness (QED) is 0.518. The number of nitrogens with zero attached hydrogens (tertiary/aromatic N) is 5. The smallest absolute Gasteiger partial charge is 0.139 e. The van der Waals surface area contributed by atoms with Gasteiger partial charge in [-0.1, -0.05) is 13.3 Å². The Labute approximate surface area is 204 Å². The van der Waals surface area contributed by atoms with Gasteiger partial charge in [0.1, 0.15) is 11.4 Å². The largest absolute Gasteiger partial charge is 0.496 e. The van der Waals surface area contributed by atoms with Crippen LogP contribution in [0.1, 0.15) is 37.3 Å². The summed E-state index contributed by atoms with van der Waals surface area (Å²) in [6.07, 6.45) is 9.41. The van der Waals surface area contributed by atoms with Gasteiger partial charge in [-0.15, -0.1) is 0 Å². The van der Waals surface area contributed by atoms with Crippen LogP contribution in [0.5, 0.6) is 5.75 Å². The van der Waals surface area contributed by atoms with Gasteiger partial charge >= 0.3 is 0 Å². The van der Waals surface area contributed by atoms with E-state index in [0.717, 1.165) is 49.7 Å². The number of anilines is 1. The van der Waals surface area contributed by atoms with Crippen LogP contribution in [0.15, 0.2) is 36.7 Å². The van der Waals surface area contributed by atoms with E-state index in [0.29, 0.717) is 0 Å². The molecule has 2 fully saturated rings. The summed E-state index contributed by atoms with van der Waals surface area (Å²) in [7, 11) is 1.74. The van der Waals surface area contributed by atoms with Crippen LogP contribution in [0, 0.1) is 6.92 Å². The molecule has 6 nitrogen and oxygen atoms in total. The maximum atomic E-state index is 5.57. The lowest BCUT2D eigenvalue weighted by Crippen LogP contribution is -2.48. The number of rotatable bonds is 7. The van der Waals surface area contributed by atoms with Gasteiger partial charge in [-0.3, -0.25) is 4.90 Å². The van der Waals surface area contributed by atoms with E-state index >= 15 is 0 Å². The molecule has 5 rings (SSSR count). The Bertz CT molecular complexity index is 1110. The van der Waals surface area contributed by atoms with Crippen molar-refractivity contribution < 1.29 is 4.74 Å². The molecule has 0 aliphatic carbocycles. The molecule has 2 saturated heterocycles. The molecule has 2 aliphatic rings. The lowest BCUT2D eigenvalue weighted by Gasteiger charge is -2.37. The van der Waals surface area contributed by atoms with Crippen LogP contribution in [0.4, 0.5) is 5.69 Å². The minimum absolute atomic E-state index is 0.942. The van der Waals surface area contributed by atoms with Gasteiger partial charge in [-0.2, -0.15) is 0 Å². The normalized spacial score (nSPS) is 18.0. The second-order valence-electron chi connectivity index (χ2n) is 9.84. The molecule has 0 saturated carbocycles. The maximum Gasteiger partial charge on any atom is 0.139 e. The number of fused-ring (bicyclic) bond motifs is 1. The summed E-state index contributed by atoms with van der Waals surface area (Å²) in [5.74, 6) is 0.963. The number of imidazole rings is 1. The minimum atomic E-state index is 0.942. The highest BCUT2D eigenvalue weighted by Gasteiger charge is 2.19. The summed E-state index contributed by atoms with van der Waals surface area (Å²) in [5, 5.41) is 0. The van der Waals surface area contributed by atoms with Crippen molar-refractivity contribution in [2.45, 2.75) is 39.5 Å². The molecular weight excluding hydrogens is 422 g/mol. The van der Waals surface area contributed by atoms with Crippen molar-refractivity contribution >= 4 is 11.3 Å². The Morgan fingerprint density at radius 1 is 0.912 bits per heavy atom. The van der Waals surface area contributed by atoms with Gasteiger partial charge in [0.25, 0.3) is 0 Å². The number of aryl methyl sites for hydroxylation is 2. The first kappa shape index (κ1) is 23.2. The highest BCUT2D eigenvalue weighted by atomic mass is 16.5. The molecule has 0 radical (unpaired) electrons. The van der Waals surface area contributed by atoms with Crippen molar-refractivity contribution in [3.63, 3.8) is 0 Å². The van der Waals surface area contributed by atoms with Crippen LogP contribution >= 0.6 is 0 Å². The molecule has 3 aromatic rings. The van der Waals surface area contributed by atoms with Crippen molar-refractivity contribution in [2.75, 3.05) is 64.4 Å². The molecule has 182 valence electrons. The Balaban J connectivity index is 1.26. The van der Waals surface area contributed by atoms with Crippen LogP contribution in [0.25, 0.3) is 16.9 Å². The number of methoxy groups -OCH3 is 1. The zero-order valence-electron chi connectivity index (χ0n) is 21.1.